The normalized spacial score (nSPS) is 13.3. The Morgan fingerprint density at radius 3 is 2.17 bits per heavy atom. The van der Waals surface area contributed by atoms with E-state index < -0.39 is 24.1 Å². The molecule has 0 heterocycles. The van der Waals surface area contributed by atoms with Gasteiger partial charge in [-0.15, -0.1) is 6.58 Å². The Morgan fingerprint density at radius 2 is 1.66 bits per heavy atom. The topological polar surface area (TPSA) is 66.8 Å². The number of carbonyl (C=O) groups excluding carboxylic acids is 1. The van der Waals surface area contributed by atoms with Crippen LogP contribution < -0.4 is 0 Å². The van der Waals surface area contributed by atoms with Crippen molar-refractivity contribution >= 4 is 12.1 Å². The number of benzene rings is 2. The number of nitrogens with zero attached hydrogens (tertiary/aromatic N) is 1. The SMILES string of the molecule is C=CCCCCC[C@@H](C(=O)O)N(C(=O)OC)C1c2ccccc2-c2ccccc21. The molecule has 0 fully saturated rings. The van der Waals surface area contributed by atoms with Crippen LogP contribution in [0.1, 0.15) is 49.3 Å². The maximum absolute atomic E-state index is 12.8. The number of fused-ring (bicyclic) bond motifs is 3. The van der Waals surface area contributed by atoms with Crippen LogP contribution in [-0.2, 0) is 9.53 Å². The van der Waals surface area contributed by atoms with Gasteiger partial charge in [0.25, 0.3) is 0 Å². The lowest BCUT2D eigenvalue weighted by Crippen LogP contribution is -2.47. The van der Waals surface area contributed by atoms with Crippen molar-refractivity contribution in [2.24, 2.45) is 0 Å². The summed E-state index contributed by atoms with van der Waals surface area (Å²) in [6.45, 7) is 3.72. The van der Waals surface area contributed by atoms with Crippen LogP contribution >= 0.6 is 0 Å². The third kappa shape index (κ3) is 4.19. The fraction of sp³-hybridized carbons (Fsp3) is 0.333. The third-order valence-electron chi connectivity index (χ3n) is 5.47. The molecule has 5 nitrogen and oxygen atoms in total. The molecule has 0 spiro atoms. The van der Waals surface area contributed by atoms with E-state index in [2.05, 4.69) is 6.58 Å². The molecule has 5 heteroatoms. The van der Waals surface area contributed by atoms with Crippen LogP contribution in [0.3, 0.4) is 0 Å². The smallest absolute Gasteiger partial charge is 0.411 e. The largest absolute Gasteiger partial charge is 0.480 e. The molecule has 1 aliphatic carbocycles. The van der Waals surface area contributed by atoms with Gasteiger partial charge in [0.1, 0.15) is 6.04 Å². The first-order chi connectivity index (χ1) is 14.1. The Morgan fingerprint density at radius 1 is 1.07 bits per heavy atom. The van der Waals surface area contributed by atoms with Crippen molar-refractivity contribution in [3.8, 4) is 11.1 Å². The van der Waals surface area contributed by atoms with E-state index in [4.69, 9.17) is 4.74 Å². The Bertz CT molecular complexity index is 846. The lowest BCUT2D eigenvalue weighted by molar-refractivity contribution is -0.143. The van der Waals surface area contributed by atoms with E-state index in [1.807, 2.05) is 54.6 Å². The first-order valence-electron chi connectivity index (χ1n) is 9.98. The van der Waals surface area contributed by atoms with E-state index in [0.29, 0.717) is 12.8 Å². The summed E-state index contributed by atoms with van der Waals surface area (Å²) in [4.78, 5) is 26.4. The van der Waals surface area contributed by atoms with Crippen molar-refractivity contribution in [3.05, 3.63) is 72.3 Å². The number of amides is 1. The second-order valence-electron chi connectivity index (χ2n) is 7.24. The van der Waals surface area contributed by atoms with Gasteiger partial charge in [0.05, 0.1) is 13.2 Å². The maximum Gasteiger partial charge on any atom is 0.411 e. The first kappa shape index (κ1) is 20.6. The summed E-state index contributed by atoms with van der Waals surface area (Å²) in [7, 11) is 1.30. The summed E-state index contributed by atoms with van der Waals surface area (Å²) < 4.78 is 5.04. The molecule has 0 aliphatic heterocycles. The molecule has 29 heavy (non-hydrogen) atoms. The van der Waals surface area contributed by atoms with E-state index >= 15 is 0 Å². The van der Waals surface area contributed by atoms with Crippen LogP contribution in [0.5, 0.6) is 0 Å². The Labute approximate surface area is 171 Å². The molecular formula is C24H27NO4. The van der Waals surface area contributed by atoms with Gasteiger partial charge in [-0.25, -0.2) is 9.59 Å². The number of methoxy groups -OCH3 is 1. The summed E-state index contributed by atoms with van der Waals surface area (Å²) in [5.74, 6) is -1.01. The van der Waals surface area contributed by atoms with Gasteiger partial charge in [0, 0.05) is 0 Å². The number of carboxylic acids is 1. The molecule has 0 radical (unpaired) electrons. The Balaban J connectivity index is 1.98. The van der Waals surface area contributed by atoms with Crippen molar-refractivity contribution in [3.63, 3.8) is 0 Å². The summed E-state index contributed by atoms with van der Waals surface area (Å²) in [5, 5.41) is 9.98. The monoisotopic (exact) mass is 393 g/mol. The average Bonchev–Trinajstić information content (AvgIpc) is 3.06. The number of rotatable bonds is 9. The minimum Gasteiger partial charge on any atom is -0.480 e. The molecule has 2 aromatic rings. The van der Waals surface area contributed by atoms with Crippen LogP contribution in [0.25, 0.3) is 11.1 Å². The lowest BCUT2D eigenvalue weighted by atomic mass is 9.99. The highest BCUT2D eigenvalue weighted by Crippen LogP contribution is 2.47. The number of ether oxygens (including phenoxy) is 1. The van der Waals surface area contributed by atoms with Gasteiger partial charge in [-0.05, 0) is 41.5 Å². The highest BCUT2D eigenvalue weighted by atomic mass is 16.5. The first-order valence-corrected chi connectivity index (χ1v) is 9.98. The number of carboxylic acid groups (broad SMARTS) is 1. The molecule has 0 saturated carbocycles. The molecule has 2 aromatic carbocycles. The van der Waals surface area contributed by atoms with Crippen molar-refractivity contribution < 1.29 is 19.4 Å². The molecule has 1 aliphatic rings. The summed E-state index contributed by atoms with van der Waals surface area (Å²) >= 11 is 0. The summed E-state index contributed by atoms with van der Waals surface area (Å²) in [6.07, 6.45) is 5.09. The zero-order chi connectivity index (χ0) is 20.8. The number of aliphatic carboxylic acids is 1. The van der Waals surface area contributed by atoms with Gasteiger partial charge in [-0.1, -0.05) is 67.4 Å². The second kappa shape index (κ2) is 9.41. The zero-order valence-corrected chi connectivity index (χ0v) is 16.7. The van der Waals surface area contributed by atoms with Crippen LogP contribution in [-0.4, -0.2) is 35.2 Å². The van der Waals surface area contributed by atoms with Crippen LogP contribution in [0.15, 0.2) is 61.2 Å². The standard InChI is InChI=1S/C24H27NO4/c1-3-4-5-6-7-16-21(23(26)27)25(24(28)29-2)22-19-14-10-8-12-17(19)18-13-9-11-15-20(18)22/h3,8-15,21-22H,1,4-7,16H2,2H3,(H,26,27)/t21-/m0/s1. The predicted molar refractivity (Wildman–Crippen MR) is 113 cm³/mol. The molecule has 3 rings (SSSR count). The van der Waals surface area contributed by atoms with Gasteiger partial charge < -0.3 is 9.84 Å². The van der Waals surface area contributed by atoms with Gasteiger partial charge in [-0.3, -0.25) is 4.90 Å². The zero-order valence-electron chi connectivity index (χ0n) is 16.7. The van der Waals surface area contributed by atoms with E-state index in [1.165, 1.54) is 12.0 Å². The van der Waals surface area contributed by atoms with E-state index in [-0.39, 0.29) is 0 Å². The molecule has 0 bridgehead atoms. The Hall–Kier alpha value is -3.08. The molecule has 1 amide bonds. The van der Waals surface area contributed by atoms with Crippen molar-refractivity contribution in [2.75, 3.05) is 7.11 Å². The van der Waals surface area contributed by atoms with Crippen molar-refractivity contribution in [1.82, 2.24) is 4.90 Å². The minimum atomic E-state index is -1.01. The fourth-order valence-corrected chi connectivity index (χ4v) is 4.13. The number of allylic oxidation sites excluding steroid dienone is 1. The third-order valence-corrected chi connectivity index (χ3v) is 5.47. The molecular weight excluding hydrogens is 366 g/mol. The minimum absolute atomic E-state index is 0.377. The van der Waals surface area contributed by atoms with Gasteiger partial charge in [0.2, 0.25) is 0 Å². The fourth-order valence-electron chi connectivity index (χ4n) is 4.13. The maximum atomic E-state index is 12.8. The van der Waals surface area contributed by atoms with Gasteiger partial charge in [0.15, 0.2) is 0 Å². The van der Waals surface area contributed by atoms with Gasteiger partial charge in [-0.2, -0.15) is 0 Å². The van der Waals surface area contributed by atoms with Crippen LogP contribution in [0, 0.1) is 0 Å². The van der Waals surface area contributed by atoms with E-state index in [9.17, 15) is 14.7 Å². The van der Waals surface area contributed by atoms with Crippen molar-refractivity contribution in [2.45, 2.75) is 44.2 Å². The number of unbranched alkanes of at least 4 members (excludes halogenated alkanes) is 3. The number of hydrogen-bond donors (Lipinski definition) is 1. The second-order valence-corrected chi connectivity index (χ2v) is 7.24. The average molecular weight is 393 g/mol. The molecule has 152 valence electrons. The van der Waals surface area contributed by atoms with Crippen LogP contribution in [0.4, 0.5) is 4.79 Å². The molecule has 0 unspecified atom stereocenters. The molecule has 1 N–H and O–H groups in total. The number of carbonyl (C=O) groups is 2. The Kier molecular flexibility index (Phi) is 6.70. The van der Waals surface area contributed by atoms with Crippen molar-refractivity contribution in [1.29, 1.82) is 0 Å². The molecule has 0 saturated heterocycles. The van der Waals surface area contributed by atoms with Crippen LogP contribution in [0.2, 0.25) is 0 Å². The molecule has 0 aromatic heterocycles. The molecule has 1 atom stereocenters. The van der Waals surface area contributed by atoms with E-state index in [0.717, 1.165) is 41.5 Å². The number of hydrogen-bond acceptors (Lipinski definition) is 3. The predicted octanol–water partition coefficient (Wildman–Crippen LogP) is 5.41. The highest BCUT2D eigenvalue weighted by molar-refractivity contribution is 5.85. The van der Waals surface area contributed by atoms with Gasteiger partial charge >= 0.3 is 12.1 Å². The highest BCUT2D eigenvalue weighted by Gasteiger charge is 2.41. The quantitative estimate of drug-likeness (QED) is 0.457. The summed E-state index contributed by atoms with van der Waals surface area (Å²) in [6, 6.07) is 14.2. The lowest BCUT2D eigenvalue weighted by Gasteiger charge is -2.34. The summed E-state index contributed by atoms with van der Waals surface area (Å²) in [5.41, 5.74) is 3.91. The van der Waals surface area contributed by atoms with E-state index in [1.54, 1.807) is 0 Å².